The van der Waals surface area contributed by atoms with Crippen LogP contribution in [0.1, 0.15) is 62.8 Å². The summed E-state index contributed by atoms with van der Waals surface area (Å²) in [6, 6.07) is 41.3. The summed E-state index contributed by atoms with van der Waals surface area (Å²) in [5, 5.41) is 28.0. The van der Waals surface area contributed by atoms with Gasteiger partial charge >= 0.3 is 0 Å². The van der Waals surface area contributed by atoms with E-state index < -0.39 is 41.1 Å². The van der Waals surface area contributed by atoms with Crippen molar-refractivity contribution in [3.05, 3.63) is 121 Å². The van der Waals surface area contributed by atoms with E-state index in [1.165, 1.54) is 20.7 Å². The summed E-state index contributed by atoms with van der Waals surface area (Å²) in [7, 11) is -3.48. The Bertz CT molecular complexity index is 1900. The fourth-order valence-electron chi connectivity index (χ4n) is 8.56. The molecule has 4 aromatic rings. The van der Waals surface area contributed by atoms with Crippen molar-refractivity contribution in [2.45, 2.75) is 109 Å². The monoisotopic (exact) mass is 848 g/mol. The van der Waals surface area contributed by atoms with E-state index in [1.54, 1.807) is 5.06 Å². The van der Waals surface area contributed by atoms with Crippen LogP contribution in [0.2, 0.25) is 10.1 Å². The van der Waals surface area contributed by atoms with Crippen molar-refractivity contribution < 1.29 is 28.7 Å². The van der Waals surface area contributed by atoms with Crippen molar-refractivity contribution in [2.24, 2.45) is 11.8 Å². The Labute approximate surface area is 362 Å². The lowest BCUT2D eigenvalue weighted by atomic mass is 9.97. The van der Waals surface area contributed by atoms with Crippen molar-refractivity contribution in [2.75, 3.05) is 20.3 Å². The summed E-state index contributed by atoms with van der Waals surface area (Å²) in [4.78, 5) is 11.5. The third-order valence-electron chi connectivity index (χ3n) is 11.9. The zero-order valence-corrected chi connectivity index (χ0v) is 38.2. The van der Waals surface area contributed by atoms with Crippen molar-refractivity contribution in [1.82, 2.24) is 10.5 Å². The number of hydrogen-bond acceptors (Lipinski definition) is 8. The second-order valence-corrected chi connectivity index (χ2v) is 26.4. The van der Waals surface area contributed by atoms with E-state index >= 15 is 0 Å². The third kappa shape index (κ3) is 10.1. The molecule has 4 aromatic carbocycles. The van der Waals surface area contributed by atoms with Crippen LogP contribution in [0.15, 0.2) is 121 Å². The quantitative estimate of drug-likeness (QED) is 0.120. The maximum absolute atomic E-state index is 10.9. The van der Waals surface area contributed by atoms with Gasteiger partial charge in [0.05, 0.1) is 25.3 Å². The third-order valence-corrected chi connectivity index (χ3v) is 21.9. The van der Waals surface area contributed by atoms with Crippen LogP contribution in [0.5, 0.6) is 0 Å². The first-order valence-corrected chi connectivity index (χ1v) is 24.4. The van der Waals surface area contributed by atoms with Crippen molar-refractivity contribution in [3.63, 3.8) is 0 Å². The van der Waals surface area contributed by atoms with E-state index in [4.69, 9.17) is 31.4 Å². The number of aliphatic hydroxyl groups excluding tert-OH is 2. The summed E-state index contributed by atoms with van der Waals surface area (Å²) in [6.07, 6.45) is 8.80. The van der Waals surface area contributed by atoms with Crippen LogP contribution in [-0.2, 0) is 18.5 Å². The molecule has 0 aliphatic carbocycles. The van der Waals surface area contributed by atoms with Gasteiger partial charge < -0.3 is 19.1 Å². The summed E-state index contributed by atoms with van der Waals surface area (Å²) < 4.78 is 13.8. The standard InChI is InChI=1S/C25H33NO3Si.C24H31NO3Si.CH4/c1-7-19(2)24-23(27)22(26(6)29-24)18-28-30(25(3,4)5,20-14-10-8-11-15-20)21-16-12-9-13-17-21;1-6-18(2)23-22(26)21(25-28-23)17-27-29(24(3,4)5,19-13-9-7-10-14-19)20-15-11-8-12-16-20;/h1,8-17,19,22-24,27H,18H2,2-6H3;1,7-16,18,21-23,25-26H,17H2,2-5H3;1H4/t19-,22-,23-,24-;18-,21-,22-,23-;/m11./s1. The highest BCUT2D eigenvalue weighted by Crippen LogP contribution is 2.39. The van der Waals surface area contributed by atoms with Gasteiger partial charge in [-0.25, -0.2) is 0 Å². The molecule has 2 aliphatic rings. The number of likely N-dealkylation sites (N-methyl/N-ethyl adjacent to an activating group) is 1. The molecule has 0 aromatic heterocycles. The van der Waals surface area contributed by atoms with Crippen LogP contribution in [0.25, 0.3) is 0 Å². The minimum Gasteiger partial charge on any atom is -0.406 e. The number of hydrogen-bond donors (Lipinski definition) is 3. The molecule has 0 amide bonds. The van der Waals surface area contributed by atoms with Crippen LogP contribution < -0.4 is 26.2 Å². The molecular weight excluding hydrogens is 781 g/mol. The van der Waals surface area contributed by atoms with E-state index in [1.807, 2.05) is 45.2 Å². The molecular formula is C50H68N2O6Si2. The summed E-state index contributed by atoms with van der Waals surface area (Å²) in [5.41, 5.74) is 2.95. The van der Waals surface area contributed by atoms with E-state index in [2.05, 4.69) is 156 Å². The molecule has 10 heteroatoms. The first-order valence-electron chi connectivity index (χ1n) is 20.6. The van der Waals surface area contributed by atoms with Gasteiger partial charge in [0, 0.05) is 18.9 Å². The second-order valence-electron chi connectivity index (χ2n) is 17.8. The maximum atomic E-state index is 10.9. The van der Waals surface area contributed by atoms with Crippen LogP contribution in [0, 0.1) is 36.5 Å². The molecule has 2 aliphatic heterocycles. The van der Waals surface area contributed by atoms with Crippen LogP contribution in [0.4, 0.5) is 0 Å². The molecule has 0 unspecified atom stereocenters. The first kappa shape index (κ1) is 48.8. The maximum Gasteiger partial charge on any atom is 0.261 e. The van der Waals surface area contributed by atoms with Crippen molar-refractivity contribution >= 4 is 37.4 Å². The fraction of sp³-hybridized carbons (Fsp3) is 0.440. The van der Waals surface area contributed by atoms with Gasteiger partial charge in [-0.15, -0.1) is 24.7 Å². The van der Waals surface area contributed by atoms with Crippen LogP contribution in [-0.4, -0.2) is 88.7 Å². The number of terminal acetylenes is 2. The van der Waals surface area contributed by atoms with E-state index in [0.717, 1.165) is 0 Å². The summed E-state index contributed by atoms with van der Waals surface area (Å²) >= 11 is 0. The van der Waals surface area contributed by atoms with Crippen molar-refractivity contribution in [1.29, 1.82) is 0 Å². The van der Waals surface area contributed by atoms with Gasteiger partial charge in [-0.3, -0.25) is 9.68 Å². The van der Waals surface area contributed by atoms with Gasteiger partial charge in [0.15, 0.2) is 0 Å². The number of aliphatic hydroxyl groups is 2. The van der Waals surface area contributed by atoms with Crippen molar-refractivity contribution in [3.8, 4) is 24.7 Å². The average molecular weight is 849 g/mol. The van der Waals surface area contributed by atoms with E-state index in [-0.39, 0.29) is 41.4 Å². The van der Waals surface area contributed by atoms with Crippen LogP contribution in [0.3, 0.4) is 0 Å². The number of hydroxylamine groups is 3. The molecule has 6 rings (SSSR count). The lowest BCUT2D eigenvalue weighted by Crippen LogP contribution is -2.67. The predicted octanol–water partition coefficient (Wildman–Crippen LogP) is 5.91. The molecule has 3 N–H and O–H groups in total. The molecule has 0 bridgehead atoms. The molecule has 8 atom stereocenters. The summed E-state index contributed by atoms with van der Waals surface area (Å²) in [6.45, 7) is 17.9. The molecule has 2 fully saturated rings. The van der Waals surface area contributed by atoms with E-state index in [0.29, 0.717) is 13.2 Å². The zero-order chi connectivity index (χ0) is 43.0. The van der Waals surface area contributed by atoms with Gasteiger partial charge in [-0.05, 0) is 44.7 Å². The minimum atomic E-state index is -2.67. The molecule has 0 spiro atoms. The zero-order valence-electron chi connectivity index (χ0n) is 36.2. The second kappa shape index (κ2) is 20.8. The van der Waals surface area contributed by atoms with Gasteiger partial charge in [0.2, 0.25) is 0 Å². The van der Waals surface area contributed by atoms with Gasteiger partial charge in [0.1, 0.15) is 24.4 Å². The number of rotatable bonds is 12. The van der Waals surface area contributed by atoms with Gasteiger partial charge in [-0.2, -0.15) is 10.5 Å². The Morgan fingerprint density at radius 2 is 0.983 bits per heavy atom. The Balaban J connectivity index is 0.000000260. The molecule has 2 saturated heterocycles. The molecule has 322 valence electrons. The lowest BCUT2D eigenvalue weighted by molar-refractivity contribution is -0.155. The summed E-state index contributed by atoms with van der Waals surface area (Å²) in [5.74, 6) is 4.97. The Kier molecular flexibility index (Phi) is 16.9. The largest absolute Gasteiger partial charge is 0.406 e. The lowest BCUT2D eigenvalue weighted by Gasteiger charge is -2.43. The Morgan fingerprint density at radius 1 is 0.633 bits per heavy atom. The van der Waals surface area contributed by atoms with Gasteiger partial charge in [0.25, 0.3) is 16.6 Å². The number of benzene rings is 4. The highest BCUT2D eigenvalue weighted by Gasteiger charge is 2.53. The first-order chi connectivity index (χ1) is 28.0. The van der Waals surface area contributed by atoms with Gasteiger partial charge in [-0.1, -0.05) is 170 Å². The highest BCUT2D eigenvalue weighted by molar-refractivity contribution is 7.00. The molecule has 8 nitrogen and oxygen atoms in total. The molecule has 0 saturated carbocycles. The smallest absolute Gasteiger partial charge is 0.261 e. The normalized spacial score (nSPS) is 23.3. The molecule has 60 heavy (non-hydrogen) atoms. The topological polar surface area (TPSA) is 92.7 Å². The Hall–Kier alpha value is -3.89. The number of nitrogens with one attached hydrogen (secondary N) is 1. The highest BCUT2D eigenvalue weighted by atomic mass is 28.4. The number of nitrogens with zero attached hydrogens (tertiary/aromatic N) is 1. The Morgan fingerprint density at radius 3 is 1.33 bits per heavy atom. The van der Waals surface area contributed by atoms with Crippen LogP contribution >= 0.6 is 0 Å². The average Bonchev–Trinajstić information content (AvgIpc) is 3.75. The van der Waals surface area contributed by atoms with E-state index in [9.17, 15) is 10.2 Å². The fourth-order valence-corrected chi connectivity index (χ4v) is 17.7. The molecule has 2 heterocycles. The molecule has 0 radical (unpaired) electrons. The minimum absolute atomic E-state index is 0. The SMILES string of the molecule is C.C#C[C@@H](C)[C@H]1ON(C)[C@H](CO[Si](c2ccccc2)(c2ccccc2)C(C)(C)C)[C@H]1O.C#C[C@@H](C)[C@H]1ON[C@H](CO[Si](c2ccccc2)(c2ccccc2)C(C)(C)C)[C@H]1O. The predicted molar refractivity (Wildman–Crippen MR) is 250 cm³/mol.